The molecule has 3 N–H and O–H groups in total. The third-order valence-corrected chi connectivity index (χ3v) is 5.00. The Morgan fingerprint density at radius 2 is 1.42 bits per heavy atom. The van der Waals surface area contributed by atoms with Crippen LogP contribution in [0.2, 0.25) is 0 Å². The summed E-state index contributed by atoms with van der Waals surface area (Å²) in [6, 6.07) is 19.3. The van der Waals surface area contributed by atoms with Gasteiger partial charge < -0.3 is 16.0 Å². The smallest absolute Gasteiger partial charge is 0.319 e. The van der Waals surface area contributed by atoms with Gasteiger partial charge in [0.15, 0.2) is 0 Å². The fourth-order valence-electron chi connectivity index (χ4n) is 3.56. The Balaban J connectivity index is 1.55. The lowest BCUT2D eigenvalue weighted by atomic mass is 10.1. The van der Waals surface area contributed by atoms with Crippen molar-refractivity contribution in [1.29, 1.82) is 0 Å². The number of para-hydroxylation sites is 1. The molecule has 0 atom stereocenters. The molecular weight excluding hydrogens is 420 g/mol. The van der Waals surface area contributed by atoms with E-state index in [0.717, 1.165) is 4.90 Å². The molecule has 0 aromatic heterocycles. The third kappa shape index (κ3) is 4.45. The van der Waals surface area contributed by atoms with Gasteiger partial charge in [-0.3, -0.25) is 14.4 Å². The first kappa shape index (κ1) is 21.8. The molecule has 4 rings (SSSR count). The predicted octanol–water partition coefficient (Wildman–Crippen LogP) is 4.27. The maximum atomic E-state index is 12.9. The van der Waals surface area contributed by atoms with Crippen LogP contribution in [0, 0.1) is 0 Å². The first-order valence-corrected chi connectivity index (χ1v) is 10.4. The highest BCUT2D eigenvalue weighted by Crippen LogP contribution is 2.30. The van der Waals surface area contributed by atoms with Crippen molar-refractivity contribution in [2.45, 2.75) is 19.9 Å². The van der Waals surface area contributed by atoms with E-state index in [4.69, 9.17) is 0 Å². The molecule has 3 aromatic rings. The summed E-state index contributed by atoms with van der Waals surface area (Å²) in [5.74, 6) is -1.27. The second kappa shape index (κ2) is 8.96. The van der Waals surface area contributed by atoms with Crippen LogP contribution in [0.3, 0.4) is 0 Å². The summed E-state index contributed by atoms with van der Waals surface area (Å²) in [4.78, 5) is 51.6. The Hall–Kier alpha value is -4.46. The van der Waals surface area contributed by atoms with Gasteiger partial charge >= 0.3 is 6.03 Å². The number of carbonyl (C=O) groups excluding carboxylic acids is 4. The Labute approximate surface area is 190 Å². The molecule has 0 fully saturated rings. The van der Waals surface area contributed by atoms with Gasteiger partial charge in [-0.15, -0.1) is 0 Å². The van der Waals surface area contributed by atoms with Crippen LogP contribution in [0.4, 0.5) is 21.9 Å². The van der Waals surface area contributed by atoms with Crippen LogP contribution < -0.4 is 20.9 Å². The summed E-state index contributed by atoms with van der Waals surface area (Å²) < 4.78 is 0. The van der Waals surface area contributed by atoms with Crippen molar-refractivity contribution < 1.29 is 19.2 Å². The molecule has 1 aliphatic heterocycles. The van der Waals surface area contributed by atoms with Gasteiger partial charge in [0.25, 0.3) is 17.7 Å². The number of hydrogen-bond acceptors (Lipinski definition) is 4. The van der Waals surface area contributed by atoms with Gasteiger partial charge in [-0.25, -0.2) is 9.69 Å². The minimum absolute atomic E-state index is 0.0594. The zero-order chi connectivity index (χ0) is 23.5. The quantitative estimate of drug-likeness (QED) is 0.513. The zero-order valence-electron chi connectivity index (χ0n) is 18.1. The molecule has 0 radical (unpaired) electrons. The van der Waals surface area contributed by atoms with Crippen LogP contribution in [-0.2, 0) is 0 Å². The summed E-state index contributed by atoms with van der Waals surface area (Å²) in [5, 5.41) is 8.16. The molecule has 1 heterocycles. The van der Waals surface area contributed by atoms with Crippen LogP contribution >= 0.6 is 0 Å². The maximum Gasteiger partial charge on any atom is 0.319 e. The van der Waals surface area contributed by atoms with Crippen LogP contribution in [-0.4, -0.2) is 29.8 Å². The van der Waals surface area contributed by atoms with E-state index in [1.807, 2.05) is 13.8 Å². The second-order valence-electron chi connectivity index (χ2n) is 7.79. The Morgan fingerprint density at radius 3 is 2.09 bits per heavy atom. The van der Waals surface area contributed by atoms with Gasteiger partial charge in [0.2, 0.25) is 0 Å². The molecular formula is C25H22N4O4. The number of benzene rings is 3. The normalized spacial score (nSPS) is 12.5. The average Bonchev–Trinajstić information content (AvgIpc) is 3.04. The molecule has 0 spiro atoms. The zero-order valence-corrected chi connectivity index (χ0v) is 18.1. The van der Waals surface area contributed by atoms with E-state index >= 15 is 0 Å². The van der Waals surface area contributed by atoms with Crippen LogP contribution in [0.15, 0.2) is 72.8 Å². The number of urea groups is 1. The minimum Gasteiger partial charge on any atom is -0.336 e. The van der Waals surface area contributed by atoms with E-state index in [-0.39, 0.29) is 11.6 Å². The van der Waals surface area contributed by atoms with Crippen molar-refractivity contribution in [2.75, 3.05) is 15.5 Å². The average molecular weight is 442 g/mol. The molecule has 0 unspecified atom stereocenters. The molecule has 1 aliphatic rings. The van der Waals surface area contributed by atoms with E-state index in [2.05, 4.69) is 16.0 Å². The highest BCUT2D eigenvalue weighted by molar-refractivity contribution is 6.34. The first-order chi connectivity index (χ1) is 15.8. The SMILES string of the molecule is CC(C)NC(=O)Nc1ccccc1C(=O)Nc1cccc(N2C(=O)c3ccccc3C2=O)c1. The van der Waals surface area contributed by atoms with Gasteiger partial charge in [0.05, 0.1) is 28.1 Å². The lowest BCUT2D eigenvalue weighted by molar-refractivity contribution is 0.0925. The molecule has 0 bridgehead atoms. The van der Waals surface area contributed by atoms with Crippen LogP contribution in [0.5, 0.6) is 0 Å². The lowest BCUT2D eigenvalue weighted by Gasteiger charge is -2.16. The number of nitrogens with zero attached hydrogens (tertiary/aromatic N) is 1. The van der Waals surface area contributed by atoms with Gasteiger partial charge in [-0.2, -0.15) is 0 Å². The summed E-state index contributed by atoms with van der Waals surface area (Å²) in [6.45, 7) is 3.67. The fraction of sp³-hybridized carbons (Fsp3) is 0.120. The largest absolute Gasteiger partial charge is 0.336 e. The van der Waals surface area contributed by atoms with Crippen molar-refractivity contribution in [1.82, 2.24) is 5.32 Å². The Morgan fingerprint density at radius 1 is 0.788 bits per heavy atom. The minimum atomic E-state index is -0.449. The number of rotatable bonds is 5. The number of carbonyl (C=O) groups is 4. The maximum absolute atomic E-state index is 12.9. The van der Waals surface area contributed by atoms with E-state index in [0.29, 0.717) is 28.2 Å². The number of anilines is 3. The van der Waals surface area contributed by atoms with E-state index in [1.165, 1.54) is 0 Å². The molecule has 8 nitrogen and oxygen atoms in total. The second-order valence-corrected chi connectivity index (χ2v) is 7.79. The summed E-state index contributed by atoms with van der Waals surface area (Å²) in [7, 11) is 0. The monoisotopic (exact) mass is 442 g/mol. The topological polar surface area (TPSA) is 108 Å². The number of amides is 5. The third-order valence-electron chi connectivity index (χ3n) is 5.00. The van der Waals surface area contributed by atoms with E-state index < -0.39 is 23.8 Å². The van der Waals surface area contributed by atoms with Crippen LogP contribution in [0.1, 0.15) is 44.9 Å². The molecule has 0 aliphatic carbocycles. The van der Waals surface area contributed by atoms with Crippen molar-refractivity contribution in [3.63, 3.8) is 0 Å². The van der Waals surface area contributed by atoms with E-state index in [1.54, 1.807) is 72.8 Å². The van der Waals surface area contributed by atoms with Crippen molar-refractivity contribution in [2.24, 2.45) is 0 Å². The summed E-state index contributed by atoms with van der Waals surface area (Å²) in [5.41, 5.74) is 2.05. The Bertz CT molecular complexity index is 1230. The molecule has 166 valence electrons. The summed E-state index contributed by atoms with van der Waals surface area (Å²) in [6.07, 6.45) is 0. The van der Waals surface area contributed by atoms with Crippen molar-refractivity contribution in [3.8, 4) is 0 Å². The highest BCUT2D eigenvalue weighted by Gasteiger charge is 2.36. The first-order valence-electron chi connectivity index (χ1n) is 10.4. The number of imide groups is 1. The van der Waals surface area contributed by atoms with Crippen molar-refractivity contribution >= 4 is 40.8 Å². The molecule has 0 saturated heterocycles. The predicted molar refractivity (Wildman–Crippen MR) is 126 cm³/mol. The Kier molecular flexibility index (Phi) is 5.91. The molecule has 0 saturated carbocycles. The number of nitrogens with one attached hydrogen (secondary N) is 3. The standard InChI is InChI=1S/C25H22N4O4/c1-15(2)26-25(33)28-21-13-6-5-12-20(21)22(30)27-16-8-7-9-17(14-16)29-23(31)18-10-3-4-11-19(18)24(29)32/h3-15H,1-2H3,(H,27,30)(H2,26,28,33). The van der Waals surface area contributed by atoms with Crippen molar-refractivity contribution in [3.05, 3.63) is 89.5 Å². The molecule has 5 amide bonds. The van der Waals surface area contributed by atoms with Gasteiger partial charge in [0, 0.05) is 11.7 Å². The fourth-order valence-corrected chi connectivity index (χ4v) is 3.56. The van der Waals surface area contributed by atoms with Crippen LogP contribution in [0.25, 0.3) is 0 Å². The summed E-state index contributed by atoms with van der Waals surface area (Å²) >= 11 is 0. The molecule has 33 heavy (non-hydrogen) atoms. The number of fused-ring (bicyclic) bond motifs is 1. The highest BCUT2D eigenvalue weighted by atomic mass is 16.2. The van der Waals surface area contributed by atoms with Gasteiger partial charge in [-0.05, 0) is 56.3 Å². The number of hydrogen-bond donors (Lipinski definition) is 3. The molecule has 3 aromatic carbocycles. The van der Waals surface area contributed by atoms with Gasteiger partial charge in [0.1, 0.15) is 0 Å². The van der Waals surface area contributed by atoms with E-state index in [9.17, 15) is 19.2 Å². The van der Waals surface area contributed by atoms with Gasteiger partial charge in [-0.1, -0.05) is 30.3 Å². The lowest BCUT2D eigenvalue weighted by Crippen LogP contribution is -2.34. The molecule has 8 heteroatoms.